The molecule has 0 aromatic rings. The van der Waals surface area contributed by atoms with Crippen molar-refractivity contribution in [3.8, 4) is 0 Å². The van der Waals surface area contributed by atoms with Crippen LogP contribution in [-0.4, -0.2) is 11.7 Å². The van der Waals surface area contributed by atoms with Crippen molar-refractivity contribution in [2.75, 3.05) is 0 Å². The quantitative estimate of drug-likeness (QED) is 0.534. The number of rotatable bonds is 0. The Labute approximate surface area is 61.0 Å². The van der Waals surface area contributed by atoms with Crippen LogP contribution in [0.5, 0.6) is 0 Å². The average molecular weight is 165 g/mol. The van der Waals surface area contributed by atoms with Gasteiger partial charge in [-0.25, -0.2) is 0 Å². The van der Waals surface area contributed by atoms with Crippen molar-refractivity contribution in [1.82, 2.24) is 0 Å². The Hall–Kier alpha value is -0.700. The van der Waals surface area contributed by atoms with Gasteiger partial charge < -0.3 is 0 Å². The lowest BCUT2D eigenvalue weighted by Crippen LogP contribution is -2.14. The molecule has 0 aromatic heterocycles. The van der Waals surface area contributed by atoms with Crippen LogP contribution in [0.15, 0.2) is 23.3 Å². The normalized spacial score (nSPS) is 22.7. The van der Waals surface area contributed by atoms with E-state index in [0.717, 1.165) is 6.08 Å². The van der Waals surface area contributed by atoms with Gasteiger partial charge in [0.25, 0.3) is 5.92 Å². The van der Waals surface area contributed by atoms with Crippen LogP contribution in [0.1, 0.15) is 0 Å². The van der Waals surface area contributed by atoms with Gasteiger partial charge in [0, 0.05) is 6.08 Å². The highest BCUT2D eigenvalue weighted by Gasteiger charge is 2.27. The number of hydrogen-bond donors (Lipinski definition) is 0. The van der Waals surface area contributed by atoms with Crippen molar-refractivity contribution in [2.45, 2.75) is 5.92 Å². The minimum Gasteiger partial charge on any atom is -0.288 e. The van der Waals surface area contributed by atoms with Gasteiger partial charge in [-0.05, 0) is 12.2 Å². The molecule has 1 nitrogen and oxygen atoms in total. The third kappa shape index (κ3) is 1.42. The number of allylic oxidation sites excluding steroid dienone is 4. The van der Waals surface area contributed by atoms with Gasteiger partial charge in [0.15, 0.2) is 5.78 Å². The summed E-state index contributed by atoms with van der Waals surface area (Å²) in [6, 6.07) is 0. The van der Waals surface area contributed by atoms with E-state index < -0.39 is 16.7 Å². The molecular formula is C6H3ClF2O. The summed E-state index contributed by atoms with van der Waals surface area (Å²) in [4.78, 5) is 10.5. The van der Waals surface area contributed by atoms with E-state index >= 15 is 0 Å². The SMILES string of the molecule is O=C1C=CC(F)(F)C=C1Cl. The summed E-state index contributed by atoms with van der Waals surface area (Å²) in [6.45, 7) is 0. The van der Waals surface area contributed by atoms with Crippen molar-refractivity contribution >= 4 is 17.4 Å². The van der Waals surface area contributed by atoms with Crippen LogP contribution in [0.3, 0.4) is 0 Å². The van der Waals surface area contributed by atoms with Crippen LogP contribution in [0.25, 0.3) is 0 Å². The monoisotopic (exact) mass is 164 g/mol. The number of alkyl halides is 2. The van der Waals surface area contributed by atoms with Crippen molar-refractivity contribution in [2.24, 2.45) is 0 Å². The van der Waals surface area contributed by atoms with E-state index in [1.54, 1.807) is 0 Å². The van der Waals surface area contributed by atoms with Gasteiger partial charge in [0.2, 0.25) is 0 Å². The molecule has 10 heavy (non-hydrogen) atoms. The second kappa shape index (κ2) is 2.16. The molecule has 0 amide bonds. The Bertz CT molecular complexity index is 230. The predicted octanol–water partition coefficient (Wildman–Crippen LogP) is 1.88. The molecule has 0 bridgehead atoms. The first-order chi connectivity index (χ1) is 4.51. The first-order valence-electron chi connectivity index (χ1n) is 2.51. The first kappa shape index (κ1) is 7.41. The molecule has 0 heterocycles. The summed E-state index contributed by atoms with van der Waals surface area (Å²) in [5.74, 6) is -3.64. The molecular weight excluding hydrogens is 162 g/mol. The third-order valence-corrected chi connectivity index (χ3v) is 1.31. The van der Waals surface area contributed by atoms with E-state index in [4.69, 9.17) is 11.6 Å². The predicted molar refractivity (Wildman–Crippen MR) is 33.0 cm³/mol. The fourth-order valence-corrected chi connectivity index (χ4v) is 0.763. The maximum absolute atomic E-state index is 12.2. The molecule has 1 aliphatic rings. The molecule has 0 saturated carbocycles. The highest BCUT2D eigenvalue weighted by Crippen LogP contribution is 2.25. The molecule has 0 radical (unpaired) electrons. The van der Waals surface area contributed by atoms with Gasteiger partial charge in [-0.3, -0.25) is 4.79 Å². The second-order valence-electron chi connectivity index (χ2n) is 1.86. The Morgan fingerprint density at radius 3 is 2.50 bits per heavy atom. The van der Waals surface area contributed by atoms with Gasteiger partial charge in [0.05, 0.1) is 5.03 Å². The lowest BCUT2D eigenvalue weighted by molar-refractivity contribution is -0.111. The molecule has 0 saturated heterocycles. The van der Waals surface area contributed by atoms with E-state index in [1.165, 1.54) is 0 Å². The topological polar surface area (TPSA) is 17.1 Å². The fourth-order valence-electron chi connectivity index (χ4n) is 0.555. The van der Waals surface area contributed by atoms with E-state index in [0.29, 0.717) is 12.2 Å². The lowest BCUT2D eigenvalue weighted by Gasteiger charge is -2.09. The minimum absolute atomic E-state index is 0.424. The van der Waals surface area contributed by atoms with Gasteiger partial charge >= 0.3 is 0 Å². The molecule has 1 rings (SSSR count). The first-order valence-corrected chi connectivity index (χ1v) is 2.89. The number of carbonyl (C=O) groups excluding carboxylic acids is 1. The molecule has 0 spiro atoms. The summed E-state index contributed by atoms with van der Waals surface area (Å²) >= 11 is 5.13. The van der Waals surface area contributed by atoms with Crippen molar-refractivity contribution < 1.29 is 13.6 Å². The smallest absolute Gasteiger partial charge is 0.287 e. The summed E-state index contributed by atoms with van der Waals surface area (Å²) in [5, 5.41) is -0.424. The molecule has 1 aliphatic carbocycles. The number of hydrogen-bond acceptors (Lipinski definition) is 1. The molecule has 0 aliphatic heterocycles. The Morgan fingerprint density at radius 1 is 1.50 bits per heavy atom. The van der Waals surface area contributed by atoms with Gasteiger partial charge in [-0.1, -0.05) is 11.6 Å². The fraction of sp³-hybridized carbons (Fsp3) is 0.167. The van der Waals surface area contributed by atoms with Crippen LogP contribution >= 0.6 is 11.6 Å². The molecule has 0 fully saturated rings. The Morgan fingerprint density at radius 2 is 2.10 bits per heavy atom. The second-order valence-corrected chi connectivity index (χ2v) is 2.27. The van der Waals surface area contributed by atoms with Crippen molar-refractivity contribution in [3.63, 3.8) is 0 Å². The van der Waals surface area contributed by atoms with E-state index in [9.17, 15) is 13.6 Å². The summed E-state index contributed by atoms with van der Waals surface area (Å²) in [5.41, 5.74) is 0. The highest BCUT2D eigenvalue weighted by molar-refractivity contribution is 6.44. The Balaban J connectivity index is 2.95. The molecule has 0 N–H and O–H groups in total. The number of halogens is 3. The van der Waals surface area contributed by atoms with Crippen LogP contribution in [0, 0.1) is 0 Å². The molecule has 54 valence electrons. The zero-order valence-electron chi connectivity index (χ0n) is 4.77. The van der Waals surface area contributed by atoms with Crippen molar-refractivity contribution in [1.29, 1.82) is 0 Å². The van der Waals surface area contributed by atoms with Crippen LogP contribution < -0.4 is 0 Å². The molecule has 4 heteroatoms. The number of ketones is 1. The van der Waals surface area contributed by atoms with Gasteiger partial charge in [-0.15, -0.1) is 0 Å². The zero-order chi connectivity index (χ0) is 7.78. The summed E-state index contributed by atoms with van der Waals surface area (Å²) in [7, 11) is 0. The van der Waals surface area contributed by atoms with E-state index in [2.05, 4.69) is 0 Å². The van der Waals surface area contributed by atoms with E-state index in [1.807, 2.05) is 0 Å². The summed E-state index contributed by atoms with van der Waals surface area (Å²) < 4.78 is 24.5. The maximum Gasteiger partial charge on any atom is 0.287 e. The Kier molecular flexibility index (Phi) is 1.60. The van der Waals surface area contributed by atoms with Crippen LogP contribution in [-0.2, 0) is 4.79 Å². The highest BCUT2D eigenvalue weighted by atomic mass is 35.5. The van der Waals surface area contributed by atoms with Crippen LogP contribution in [0.2, 0.25) is 0 Å². The lowest BCUT2D eigenvalue weighted by atomic mass is 10.1. The maximum atomic E-state index is 12.2. The van der Waals surface area contributed by atoms with E-state index in [-0.39, 0.29) is 0 Å². The molecule has 0 atom stereocenters. The van der Waals surface area contributed by atoms with Crippen molar-refractivity contribution in [3.05, 3.63) is 23.3 Å². The van der Waals surface area contributed by atoms with Crippen LogP contribution in [0.4, 0.5) is 8.78 Å². The third-order valence-electron chi connectivity index (χ3n) is 1.01. The molecule has 0 unspecified atom stereocenters. The minimum atomic E-state index is -3.06. The summed E-state index contributed by atoms with van der Waals surface area (Å²) in [6.07, 6.45) is 1.71. The van der Waals surface area contributed by atoms with Gasteiger partial charge in [-0.2, -0.15) is 8.78 Å². The largest absolute Gasteiger partial charge is 0.288 e. The zero-order valence-corrected chi connectivity index (χ0v) is 5.53. The standard InChI is InChI=1S/C6H3ClF2O/c7-4-3-6(8,9)2-1-5(4)10/h1-3H. The number of carbonyl (C=O) groups is 1. The van der Waals surface area contributed by atoms with Gasteiger partial charge in [0.1, 0.15) is 0 Å². The average Bonchev–Trinajstić information content (AvgIpc) is 1.79. The molecule has 0 aromatic carbocycles.